The highest BCUT2D eigenvalue weighted by Gasteiger charge is 2.34. The molecule has 1 aromatic carbocycles. The fourth-order valence-corrected chi connectivity index (χ4v) is 2.80. The van der Waals surface area contributed by atoms with Crippen LogP contribution in [0.15, 0.2) is 29.2 Å². The average molecular weight is 356 g/mol. The number of hydrogen-bond donors (Lipinski definition) is 1. The highest BCUT2D eigenvalue weighted by molar-refractivity contribution is 8.18. The first-order chi connectivity index (χ1) is 11.4. The van der Waals surface area contributed by atoms with Gasteiger partial charge in [0.1, 0.15) is 5.75 Å². The summed E-state index contributed by atoms with van der Waals surface area (Å²) in [7, 11) is 0. The molecule has 0 bridgehead atoms. The molecule has 0 aromatic heterocycles. The number of carbonyl (C=O) groups excluding carboxylic acids is 3. The van der Waals surface area contributed by atoms with Gasteiger partial charge in [0.2, 0.25) is 5.91 Å². The SMILES string of the molecule is CC(=O)NCCN1C(=O)S/C(=C\c2ccc(OC(F)F)cc2)C1=O. The van der Waals surface area contributed by atoms with E-state index in [0.29, 0.717) is 5.56 Å². The van der Waals surface area contributed by atoms with Gasteiger partial charge in [-0.2, -0.15) is 8.78 Å². The summed E-state index contributed by atoms with van der Waals surface area (Å²) in [4.78, 5) is 36.1. The fraction of sp³-hybridized carbons (Fsp3) is 0.267. The predicted molar refractivity (Wildman–Crippen MR) is 84.4 cm³/mol. The van der Waals surface area contributed by atoms with Crippen LogP contribution in [0.4, 0.5) is 13.6 Å². The molecular weight excluding hydrogens is 342 g/mol. The van der Waals surface area contributed by atoms with E-state index in [1.807, 2.05) is 0 Å². The lowest BCUT2D eigenvalue weighted by atomic mass is 10.2. The van der Waals surface area contributed by atoms with E-state index in [1.165, 1.54) is 37.3 Å². The van der Waals surface area contributed by atoms with Crippen molar-refractivity contribution in [1.29, 1.82) is 0 Å². The number of amides is 3. The molecule has 3 amide bonds. The predicted octanol–water partition coefficient (Wildman–Crippen LogP) is 2.46. The Hall–Kier alpha value is -2.42. The zero-order valence-corrected chi connectivity index (χ0v) is 13.4. The Bertz CT molecular complexity index is 677. The number of nitrogens with zero attached hydrogens (tertiary/aromatic N) is 1. The van der Waals surface area contributed by atoms with Crippen LogP contribution >= 0.6 is 11.8 Å². The Kier molecular flexibility index (Phi) is 5.91. The quantitative estimate of drug-likeness (QED) is 0.793. The number of ether oxygens (including phenoxy) is 1. The number of halogens is 2. The molecular formula is C15H14F2N2O4S. The van der Waals surface area contributed by atoms with Crippen LogP contribution in [0.25, 0.3) is 6.08 Å². The molecule has 0 unspecified atom stereocenters. The van der Waals surface area contributed by atoms with Gasteiger partial charge in [0, 0.05) is 20.0 Å². The second-order valence-electron chi connectivity index (χ2n) is 4.76. The molecule has 1 N–H and O–H groups in total. The van der Waals surface area contributed by atoms with E-state index in [-0.39, 0.29) is 29.7 Å². The minimum atomic E-state index is -2.91. The summed E-state index contributed by atoms with van der Waals surface area (Å²) in [5.74, 6) is -0.697. The maximum atomic E-state index is 12.2. The van der Waals surface area contributed by atoms with Crippen molar-refractivity contribution in [2.75, 3.05) is 13.1 Å². The number of carbonyl (C=O) groups is 3. The van der Waals surface area contributed by atoms with E-state index in [0.717, 1.165) is 16.7 Å². The third kappa shape index (κ3) is 4.79. The van der Waals surface area contributed by atoms with Crippen LogP contribution in [-0.2, 0) is 9.59 Å². The molecule has 1 aromatic rings. The summed E-state index contributed by atoms with van der Waals surface area (Å²) in [6.45, 7) is -1.30. The average Bonchev–Trinajstić information content (AvgIpc) is 2.76. The topological polar surface area (TPSA) is 75.7 Å². The normalized spacial score (nSPS) is 16.2. The zero-order valence-electron chi connectivity index (χ0n) is 12.6. The van der Waals surface area contributed by atoms with E-state index >= 15 is 0 Å². The van der Waals surface area contributed by atoms with Gasteiger partial charge in [0.25, 0.3) is 11.1 Å². The van der Waals surface area contributed by atoms with Crippen molar-refractivity contribution in [2.45, 2.75) is 13.5 Å². The highest BCUT2D eigenvalue weighted by Crippen LogP contribution is 2.32. The van der Waals surface area contributed by atoms with Crippen molar-refractivity contribution in [3.8, 4) is 5.75 Å². The minimum absolute atomic E-state index is 0.00515. The molecule has 0 atom stereocenters. The smallest absolute Gasteiger partial charge is 0.387 e. The molecule has 2 rings (SSSR count). The van der Waals surface area contributed by atoms with Gasteiger partial charge in [-0.1, -0.05) is 12.1 Å². The monoisotopic (exact) mass is 356 g/mol. The van der Waals surface area contributed by atoms with Gasteiger partial charge in [-0.3, -0.25) is 19.3 Å². The summed E-state index contributed by atoms with van der Waals surface area (Å²) in [5, 5.41) is 2.09. The zero-order chi connectivity index (χ0) is 17.7. The number of nitrogens with one attached hydrogen (secondary N) is 1. The Labute approximate surface area is 140 Å². The van der Waals surface area contributed by atoms with Crippen LogP contribution in [0, 0.1) is 0 Å². The summed E-state index contributed by atoms with van der Waals surface area (Å²) in [6, 6.07) is 5.70. The van der Waals surface area contributed by atoms with Gasteiger partial charge in [-0.05, 0) is 35.5 Å². The molecule has 1 aliphatic heterocycles. The van der Waals surface area contributed by atoms with Crippen LogP contribution in [0.1, 0.15) is 12.5 Å². The summed E-state index contributed by atoms with van der Waals surface area (Å²) < 4.78 is 28.4. The van der Waals surface area contributed by atoms with E-state index < -0.39 is 17.8 Å². The Morgan fingerprint density at radius 1 is 1.33 bits per heavy atom. The summed E-state index contributed by atoms with van der Waals surface area (Å²) >= 11 is 0.785. The Morgan fingerprint density at radius 3 is 2.58 bits per heavy atom. The van der Waals surface area contributed by atoms with E-state index in [2.05, 4.69) is 10.1 Å². The number of hydrogen-bond acceptors (Lipinski definition) is 5. The number of alkyl halides is 2. The van der Waals surface area contributed by atoms with Crippen molar-refractivity contribution in [1.82, 2.24) is 10.2 Å². The van der Waals surface area contributed by atoms with E-state index in [9.17, 15) is 23.2 Å². The molecule has 24 heavy (non-hydrogen) atoms. The first-order valence-electron chi connectivity index (χ1n) is 6.91. The number of rotatable bonds is 6. The lowest BCUT2D eigenvalue weighted by Gasteiger charge is -2.12. The van der Waals surface area contributed by atoms with Crippen molar-refractivity contribution in [3.05, 3.63) is 34.7 Å². The molecule has 9 heteroatoms. The van der Waals surface area contributed by atoms with Crippen LogP contribution < -0.4 is 10.1 Å². The molecule has 0 spiro atoms. The third-order valence-electron chi connectivity index (χ3n) is 2.99. The van der Waals surface area contributed by atoms with E-state index in [4.69, 9.17) is 0 Å². The van der Waals surface area contributed by atoms with E-state index in [1.54, 1.807) is 0 Å². The number of imide groups is 1. The van der Waals surface area contributed by atoms with Crippen LogP contribution in [0.3, 0.4) is 0 Å². The van der Waals surface area contributed by atoms with Gasteiger partial charge >= 0.3 is 6.61 Å². The minimum Gasteiger partial charge on any atom is -0.435 e. The maximum absolute atomic E-state index is 12.2. The van der Waals surface area contributed by atoms with Crippen molar-refractivity contribution in [2.24, 2.45) is 0 Å². The standard InChI is InChI=1S/C15H14F2N2O4S/c1-9(20)18-6-7-19-13(21)12(24-15(19)22)8-10-2-4-11(5-3-10)23-14(16)17/h2-5,8,14H,6-7H2,1H3,(H,18,20)/b12-8-. The molecule has 128 valence electrons. The van der Waals surface area contributed by atoms with Crippen molar-refractivity contribution in [3.63, 3.8) is 0 Å². The highest BCUT2D eigenvalue weighted by atomic mass is 32.2. The first kappa shape index (κ1) is 17.9. The Morgan fingerprint density at radius 2 is 2.00 bits per heavy atom. The lowest BCUT2D eigenvalue weighted by molar-refractivity contribution is -0.123. The summed E-state index contributed by atoms with van der Waals surface area (Å²) in [6.07, 6.45) is 1.50. The molecule has 1 fully saturated rings. The molecule has 6 nitrogen and oxygen atoms in total. The summed E-state index contributed by atoms with van der Waals surface area (Å²) in [5.41, 5.74) is 0.573. The first-order valence-corrected chi connectivity index (χ1v) is 7.73. The molecule has 1 heterocycles. The van der Waals surface area contributed by atoms with Crippen molar-refractivity contribution >= 4 is 34.9 Å². The van der Waals surface area contributed by atoms with Gasteiger partial charge in [-0.25, -0.2) is 0 Å². The largest absolute Gasteiger partial charge is 0.435 e. The van der Waals surface area contributed by atoms with Gasteiger partial charge < -0.3 is 10.1 Å². The second kappa shape index (κ2) is 7.91. The molecule has 1 aliphatic rings. The second-order valence-corrected chi connectivity index (χ2v) is 5.76. The van der Waals surface area contributed by atoms with Crippen LogP contribution in [0.5, 0.6) is 5.75 Å². The van der Waals surface area contributed by atoms with Crippen LogP contribution in [-0.4, -0.2) is 41.7 Å². The molecule has 0 aliphatic carbocycles. The lowest BCUT2D eigenvalue weighted by Crippen LogP contribution is -2.36. The molecule has 1 saturated heterocycles. The van der Waals surface area contributed by atoms with Crippen LogP contribution in [0.2, 0.25) is 0 Å². The third-order valence-corrected chi connectivity index (χ3v) is 3.89. The number of benzene rings is 1. The molecule has 0 radical (unpaired) electrons. The maximum Gasteiger partial charge on any atom is 0.387 e. The van der Waals surface area contributed by atoms with Crippen molar-refractivity contribution < 1.29 is 27.9 Å². The molecule has 0 saturated carbocycles. The number of thioether (sulfide) groups is 1. The fourth-order valence-electron chi connectivity index (χ4n) is 1.93. The van der Waals surface area contributed by atoms with Gasteiger partial charge in [-0.15, -0.1) is 0 Å². The Balaban J connectivity index is 2.03. The van der Waals surface area contributed by atoms with Gasteiger partial charge in [0.15, 0.2) is 0 Å². The van der Waals surface area contributed by atoms with Gasteiger partial charge in [0.05, 0.1) is 4.91 Å².